The second-order valence-electron chi connectivity index (χ2n) is 6.99. The van der Waals surface area contributed by atoms with E-state index in [0.717, 1.165) is 23.2 Å². The zero-order valence-electron chi connectivity index (χ0n) is 15.7. The summed E-state index contributed by atoms with van der Waals surface area (Å²) in [5, 5.41) is 11.9. The zero-order chi connectivity index (χ0) is 18.7. The van der Waals surface area contributed by atoms with Crippen LogP contribution < -0.4 is 5.32 Å². The normalized spacial score (nSPS) is 12.3. The van der Waals surface area contributed by atoms with Crippen molar-refractivity contribution in [3.8, 4) is 11.1 Å². The Bertz CT molecular complexity index is 881. The molecule has 3 aromatic rings. The van der Waals surface area contributed by atoms with Crippen molar-refractivity contribution in [2.24, 2.45) is 0 Å². The number of hydrogen-bond donors (Lipinski definition) is 1. The van der Waals surface area contributed by atoms with Crippen molar-refractivity contribution in [3.63, 3.8) is 0 Å². The van der Waals surface area contributed by atoms with E-state index in [9.17, 15) is 4.79 Å². The number of aryl methyl sites for hydroxylation is 1. The molecular weight excluding hydrogens is 342 g/mol. The summed E-state index contributed by atoms with van der Waals surface area (Å²) in [6.45, 7) is 8.25. The van der Waals surface area contributed by atoms with Crippen molar-refractivity contribution in [3.05, 3.63) is 64.1 Å². The number of rotatable bonds is 6. The Balaban J connectivity index is 1.75. The van der Waals surface area contributed by atoms with Crippen molar-refractivity contribution in [1.82, 2.24) is 15.1 Å². The molecule has 4 nitrogen and oxygen atoms in total. The van der Waals surface area contributed by atoms with Gasteiger partial charge in [0.05, 0.1) is 5.69 Å². The van der Waals surface area contributed by atoms with E-state index in [0.29, 0.717) is 11.6 Å². The molecule has 1 atom stereocenters. The number of carbonyl (C=O) groups is 1. The third-order valence-electron chi connectivity index (χ3n) is 4.38. The SMILES string of the molecule is Cc1nn(C(C)C)cc1-c1cccc(C(=O)NC(C)Cc2ccsc2)c1. The smallest absolute Gasteiger partial charge is 0.251 e. The topological polar surface area (TPSA) is 46.9 Å². The average Bonchev–Trinajstić information content (AvgIpc) is 3.24. The molecule has 1 amide bonds. The van der Waals surface area contributed by atoms with Crippen LogP contribution in [0.4, 0.5) is 0 Å². The van der Waals surface area contributed by atoms with Gasteiger partial charge >= 0.3 is 0 Å². The molecule has 0 radical (unpaired) electrons. The van der Waals surface area contributed by atoms with E-state index in [1.807, 2.05) is 42.8 Å². The fraction of sp³-hybridized carbons (Fsp3) is 0.333. The summed E-state index contributed by atoms with van der Waals surface area (Å²) in [6.07, 6.45) is 2.89. The van der Waals surface area contributed by atoms with Crippen LogP contribution >= 0.6 is 11.3 Å². The maximum atomic E-state index is 12.6. The Morgan fingerprint density at radius 3 is 2.73 bits per heavy atom. The molecular formula is C21H25N3OS. The van der Waals surface area contributed by atoms with Crippen LogP contribution in [0.2, 0.25) is 0 Å². The van der Waals surface area contributed by atoms with Gasteiger partial charge in [-0.25, -0.2) is 0 Å². The molecule has 1 aromatic carbocycles. The van der Waals surface area contributed by atoms with E-state index >= 15 is 0 Å². The lowest BCUT2D eigenvalue weighted by atomic mass is 10.0. The number of nitrogens with one attached hydrogen (secondary N) is 1. The molecule has 2 aromatic heterocycles. The van der Waals surface area contributed by atoms with Crippen LogP contribution in [0.1, 0.15) is 48.4 Å². The predicted molar refractivity (Wildman–Crippen MR) is 108 cm³/mol. The number of amides is 1. The minimum atomic E-state index is -0.0384. The Labute approximate surface area is 158 Å². The average molecular weight is 368 g/mol. The highest BCUT2D eigenvalue weighted by atomic mass is 32.1. The fourth-order valence-electron chi connectivity index (χ4n) is 2.98. The first-order valence-corrected chi connectivity index (χ1v) is 9.86. The molecule has 0 saturated heterocycles. The summed E-state index contributed by atoms with van der Waals surface area (Å²) in [7, 11) is 0. The molecule has 0 saturated carbocycles. The molecule has 2 heterocycles. The first-order valence-electron chi connectivity index (χ1n) is 8.92. The Morgan fingerprint density at radius 2 is 2.08 bits per heavy atom. The minimum Gasteiger partial charge on any atom is -0.349 e. The van der Waals surface area contributed by atoms with E-state index < -0.39 is 0 Å². The molecule has 0 aliphatic carbocycles. The maximum absolute atomic E-state index is 12.6. The molecule has 5 heteroatoms. The minimum absolute atomic E-state index is 0.0384. The Morgan fingerprint density at radius 1 is 1.27 bits per heavy atom. The molecule has 26 heavy (non-hydrogen) atoms. The van der Waals surface area contributed by atoms with Gasteiger partial charge in [-0.05, 0) is 74.2 Å². The highest BCUT2D eigenvalue weighted by Crippen LogP contribution is 2.25. The summed E-state index contributed by atoms with van der Waals surface area (Å²) >= 11 is 1.68. The molecule has 0 spiro atoms. The molecule has 0 bridgehead atoms. The van der Waals surface area contributed by atoms with Gasteiger partial charge in [0.15, 0.2) is 0 Å². The van der Waals surface area contributed by atoms with Gasteiger partial charge in [0, 0.05) is 29.4 Å². The van der Waals surface area contributed by atoms with Crippen molar-refractivity contribution >= 4 is 17.2 Å². The largest absolute Gasteiger partial charge is 0.349 e. The number of nitrogens with zero attached hydrogens (tertiary/aromatic N) is 2. The van der Waals surface area contributed by atoms with Crippen molar-refractivity contribution in [2.45, 2.75) is 46.2 Å². The molecule has 3 rings (SSSR count). The molecule has 1 N–H and O–H groups in total. The molecule has 0 aliphatic rings. The van der Waals surface area contributed by atoms with Gasteiger partial charge < -0.3 is 5.32 Å². The number of thiophene rings is 1. The highest BCUT2D eigenvalue weighted by molar-refractivity contribution is 7.07. The van der Waals surface area contributed by atoms with Crippen LogP contribution in [0.3, 0.4) is 0 Å². The summed E-state index contributed by atoms with van der Waals surface area (Å²) in [6, 6.07) is 10.3. The lowest BCUT2D eigenvalue weighted by Gasteiger charge is -2.13. The second-order valence-corrected chi connectivity index (χ2v) is 7.77. The van der Waals surface area contributed by atoms with Gasteiger partial charge in [-0.3, -0.25) is 9.48 Å². The van der Waals surface area contributed by atoms with Gasteiger partial charge in [-0.2, -0.15) is 16.4 Å². The highest BCUT2D eigenvalue weighted by Gasteiger charge is 2.14. The quantitative estimate of drug-likeness (QED) is 0.676. The third kappa shape index (κ3) is 4.22. The van der Waals surface area contributed by atoms with Crippen LogP contribution in [-0.2, 0) is 6.42 Å². The van der Waals surface area contributed by atoms with Gasteiger partial charge in [-0.15, -0.1) is 0 Å². The van der Waals surface area contributed by atoms with Gasteiger partial charge in [0.2, 0.25) is 0 Å². The number of benzene rings is 1. The first-order chi connectivity index (χ1) is 12.4. The van der Waals surface area contributed by atoms with E-state index in [-0.39, 0.29) is 11.9 Å². The number of carbonyl (C=O) groups excluding carboxylic acids is 1. The van der Waals surface area contributed by atoms with Crippen LogP contribution in [0.15, 0.2) is 47.3 Å². The molecule has 1 unspecified atom stereocenters. The summed E-state index contributed by atoms with van der Waals surface area (Å²) in [5.74, 6) is -0.0384. The van der Waals surface area contributed by atoms with E-state index in [1.54, 1.807) is 11.3 Å². The van der Waals surface area contributed by atoms with E-state index in [1.165, 1.54) is 5.56 Å². The third-order valence-corrected chi connectivity index (χ3v) is 5.11. The number of hydrogen-bond acceptors (Lipinski definition) is 3. The Hall–Kier alpha value is -2.40. The summed E-state index contributed by atoms with van der Waals surface area (Å²) < 4.78 is 1.96. The lowest BCUT2D eigenvalue weighted by Crippen LogP contribution is -2.33. The predicted octanol–water partition coefficient (Wildman–Crippen LogP) is 4.86. The summed E-state index contributed by atoms with van der Waals surface area (Å²) in [5.41, 5.74) is 5.00. The second kappa shape index (κ2) is 7.87. The first kappa shape index (κ1) is 18.4. The van der Waals surface area contributed by atoms with Gasteiger partial charge in [0.25, 0.3) is 5.91 Å². The Kier molecular flexibility index (Phi) is 5.57. The van der Waals surface area contributed by atoms with E-state index in [2.05, 4.69) is 47.3 Å². The zero-order valence-corrected chi connectivity index (χ0v) is 16.5. The van der Waals surface area contributed by atoms with Crippen molar-refractivity contribution in [1.29, 1.82) is 0 Å². The van der Waals surface area contributed by atoms with Crippen LogP contribution in [-0.4, -0.2) is 21.7 Å². The molecule has 0 aliphatic heterocycles. The molecule has 136 valence electrons. The van der Waals surface area contributed by atoms with Crippen molar-refractivity contribution < 1.29 is 4.79 Å². The number of aromatic nitrogens is 2. The lowest BCUT2D eigenvalue weighted by molar-refractivity contribution is 0.0940. The standard InChI is InChI=1S/C21H25N3OS/c1-14(2)24-12-20(16(4)23-24)18-6-5-7-19(11-18)21(25)22-15(3)10-17-8-9-26-13-17/h5-9,11-15H,10H2,1-4H3,(H,22,25). The monoisotopic (exact) mass is 367 g/mol. The summed E-state index contributed by atoms with van der Waals surface area (Å²) in [4.78, 5) is 12.6. The van der Waals surface area contributed by atoms with Crippen LogP contribution in [0.25, 0.3) is 11.1 Å². The van der Waals surface area contributed by atoms with Crippen LogP contribution in [0, 0.1) is 6.92 Å². The maximum Gasteiger partial charge on any atom is 0.251 e. The van der Waals surface area contributed by atoms with E-state index in [4.69, 9.17) is 0 Å². The fourth-order valence-corrected chi connectivity index (χ4v) is 3.66. The van der Waals surface area contributed by atoms with Gasteiger partial charge in [0.1, 0.15) is 0 Å². The van der Waals surface area contributed by atoms with Gasteiger partial charge in [-0.1, -0.05) is 12.1 Å². The molecule has 0 fully saturated rings. The van der Waals surface area contributed by atoms with Crippen molar-refractivity contribution in [2.75, 3.05) is 0 Å². The van der Waals surface area contributed by atoms with Crippen LogP contribution in [0.5, 0.6) is 0 Å².